The van der Waals surface area contributed by atoms with Gasteiger partial charge < -0.3 is 20.1 Å². The number of fused-ring (bicyclic) bond motifs is 1. The molecule has 0 spiro atoms. The first-order chi connectivity index (χ1) is 12.6. The molecule has 0 aliphatic carbocycles. The van der Waals surface area contributed by atoms with E-state index in [1.165, 1.54) is 0 Å². The van der Waals surface area contributed by atoms with E-state index in [4.69, 9.17) is 4.74 Å². The Bertz CT molecular complexity index is 733. The first-order valence-corrected chi connectivity index (χ1v) is 9.04. The van der Waals surface area contributed by atoms with Gasteiger partial charge in [-0.1, -0.05) is 56.3 Å². The molecule has 2 atom stereocenters. The number of carbonyl (C=O) groups is 1. The van der Waals surface area contributed by atoms with Crippen LogP contribution in [0.15, 0.2) is 54.6 Å². The molecule has 1 aliphatic rings. The molecule has 0 saturated heterocycles. The number of benzene rings is 2. The minimum atomic E-state index is -0.326. The first kappa shape index (κ1) is 18.3. The molecule has 0 fully saturated rings. The Morgan fingerprint density at radius 3 is 2.58 bits per heavy atom. The van der Waals surface area contributed by atoms with E-state index in [0.717, 1.165) is 11.3 Å². The average Bonchev–Trinajstić information content (AvgIpc) is 2.66. The van der Waals surface area contributed by atoms with Crippen LogP contribution in [-0.2, 0) is 4.79 Å². The SMILES string of the molecule is CC(C)C(NC(=O)CN1CC(CO)Oc2ccccc21)c1ccccc1. The van der Waals surface area contributed by atoms with E-state index in [0.29, 0.717) is 12.3 Å². The van der Waals surface area contributed by atoms with E-state index in [9.17, 15) is 9.90 Å². The number of nitrogens with one attached hydrogen (secondary N) is 1. The predicted molar refractivity (Wildman–Crippen MR) is 102 cm³/mol. The molecule has 0 aromatic heterocycles. The zero-order chi connectivity index (χ0) is 18.5. The molecule has 138 valence electrons. The van der Waals surface area contributed by atoms with Gasteiger partial charge in [-0.25, -0.2) is 0 Å². The van der Waals surface area contributed by atoms with Crippen molar-refractivity contribution in [1.82, 2.24) is 5.32 Å². The third-order valence-corrected chi connectivity index (χ3v) is 4.60. The topological polar surface area (TPSA) is 61.8 Å². The van der Waals surface area contributed by atoms with Crippen LogP contribution in [0.1, 0.15) is 25.5 Å². The highest BCUT2D eigenvalue weighted by molar-refractivity contribution is 5.82. The van der Waals surface area contributed by atoms with Gasteiger partial charge >= 0.3 is 0 Å². The fourth-order valence-electron chi connectivity index (χ4n) is 3.31. The number of carbonyl (C=O) groups excluding carboxylic acids is 1. The van der Waals surface area contributed by atoms with E-state index in [1.54, 1.807) is 0 Å². The van der Waals surface area contributed by atoms with Crippen LogP contribution >= 0.6 is 0 Å². The van der Waals surface area contributed by atoms with Gasteiger partial charge in [0, 0.05) is 0 Å². The second-order valence-corrected chi connectivity index (χ2v) is 6.97. The van der Waals surface area contributed by atoms with Crippen molar-refractivity contribution in [2.45, 2.75) is 26.0 Å². The highest BCUT2D eigenvalue weighted by atomic mass is 16.5. The van der Waals surface area contributed by atoms with Crippen molar-refractivity contribution >= 4 is 11.6 Å². The van der Waals surface area contributed by atoms with Gasteiger partial charge in [0.1, 0.15) is 11.9 Å². The second-order valence-electron chi connectivity index (χ2n) is 6.97. The fraction of sp³-hybridized carbons (Fsp3) is 0.381. The van der Waals surface area contributed by atoms with Crippen molar-refractivity contribution in [3.05, 3.63) is 60.2 Å². The summed E-state index contributed by atoms with van der Waals surface area (Å²) in [6, 6.07) is 17.6. The Kier molecular flexibility index (Phi) is 5.78. The third kappa shape index (κ3) is 4.17. The molecule has 2 unspecified atom stereocenters. The fourth-order valence-corrected chi connectivity index (χ4v) is 3.31. The minimum absolute atomic E-state index is 0.0337. The molecule has 2 aromatic rings. The maximum atomic E-state index is 12.7. The Labute approximate surface area is 154 Å². The Morgan fingerprint density at radius 1 is 1.19 bits per heavy atom. The van der Waals surface area contributed by atoms with Crippen molar-refractivity contribution in [3.63, 3.8) is 0 Å². The molecule has 1 heterocycles. The van der Waals surface area contributed by atoms with Crippen molar-refractivity contribution in [3.8, 4) is 5.75 Å². The number of hydrogen-bond donors (Lipinski definition) is 2. The summed E-state index contributed by atoms with van der Waals surface area (Å²) in [5, 5.41) is 12.6. The number of aliphatic hydroxyl groups excluding tert-OH is 1. The lowest BCUT2D eigenvalue weighted by molar-refractivity contribution is -0.120. The number of anilines is 1. The summed E-state index contributed by atoms with van der Waals surface area (Å²) in [7, 11) is 0. The molecule has 1 amide bonds. The van der Waals surface area contributed by atoms with Crippen LogP contribution in [0.2, 0.25) is 0 Å². The van der Waals surface area contributed by atoms with E-state index < -0.39 is 0 Å². The van der Waals surface area contributed by atoms with Gasteiger partial charge in [0.15, 0.2) is 0 Å². The first-order valence-electron chi connectivity index (χ1n) is 9.04. The summed E-state index contributed by atoms with van der Waals surface area (Å²) in [6.07, 6.45) is -0.326. The summed E-state index contributed by atoms with van der Waals surface area (Å²) in [4.78, 5) is 14.7. The summed E-state index contributed by atoms with van der Waals surface area (Å²) in [5.41, 5.74) is 1.99. The Hall–Kier alpha value is -2.53. The van der Waals surface area contributed by atoms with Gasteiger partial charge in [0.05, 0.1) is 31.4 Å². The van der Waals surface area contributed by atoms with E-state index in [1.807, 2.05) is 59.5 Å². The zero-order valence-electron chi connectivity index (χ0n) is 15.3. The summed E-state index contributed by atoms with van der Waals surface area (Å²) < 4.78 is 5.76. The van der Waals surface area contributed by atoms with E-state index in [-0.39, 0.29) is 37.1 Å². The van der Waals surface area contributed by atoms with Crippen molar-refractivity contribution in [2.24, 2.45) is 5.92 Å². The summed E-state index contributed by atoms with van der Waals surface area (Å²) in [6.45, 7) is 4.84. The van der Waals surface area contributed by atoms with Crippen molar-refractivity contribution in [2.75, 3.05) is 24.6 Å². The van der Waals surface area contributed by atoms with Gasteiger partial charge in [-0.05, 0) is 23.6 Å². The molecule has 2 aromatic carbocycles. The number of ether oxygens (including phenoxy) is 1. The number of rotatable bonds is 6. The lowest BCUT2D eigenvalue weighted by atomic mass is 9.96. The van der Waals surface area contributed by atoms with Crippen LogP contribution in [0.4, 0.5) is 5.69 Å². The molecule has 1 aliphatic heterocycles. The van der Waals surface area contributed by atoms with E-state index >= 15 is 0 Å². The highest BCUT2D eigenvalue weighted by Crippen LogP contribution is 2.32. The van der Waals surface area contributed by atoms with Crippen molar-refractivity contribution in [1.29, 1.82) is 0 Å². The molecular formula is C21H26N2O3. The normalized spacial score (nSPS) is 17.4. The van der Waals surface area contributed by atoms with Gasteiger partial charge in [-0.3, -0.25) is 4.79 Å². The van der Waals surface area contributed by atoms with Crippen molar-refractivity contribution < 1.29 is 14.6 Å². The van der Waals surface area contributed by atoms with Gasteiger partial charge in [0.2, 0.25) is 5.91 Å². The van der Waals surface area contributed by atoms with Gasteiger partial charge in [-0.2, -0.15) is 0 Å². The summed E-state index contributed by atoms with van der Waals surface area (Å²) in [5.74, 6) is 0.943. The minimum Gasteiger partial charge on any atom is -0.484 e. The number of amides is 1. The van der Waals surface area contributed by atoms with Crippen LogP contribution in [0.25, 0.3) is 0 Å². The maximum absolute atomic E-state index is 12.7. The largest absolute Gasteiger partial charge is 0.484 e. The molecule has 3 rings (SSSR count). The quantitative estimate of drug-likeness (QED) is 0.837. The Balaban J connectivity index is 1.73. The average molecular weight is 354 g/mol. The predicted octanol–water partition coefficient (Wildman–Crippen LogP) is 2.76. The second kappa shape index (κ2) is 8.23. The Morgan fingerprint density at radius 2 is 1.88 bits per heavy atom. The van der Waals surface area contributed by atoms with Gasteiger partial charge in [0.25, 0.3) is 0 Å². The molecular weight excluding hydrogens is 328 g/mol. The zero-order valence-corrected chi connectivity index (χ0v) is 15.3. The smallest absolute Gasteiger partial charge is 0.240 e. The molecule has 2 N–H and O–H groups in total. The van der Waals surface area contributed by atoms with Crippen LogP contribution in [0.5, 0.6) is 5.75 Å². The van der Waals surface area contributed by atoms with Crippen LogP contribution in [0.3, 0.4) is 0 Å². The molecule has 5 nitrogen and oxygen atoms in total. The lowest BCUT2D eigenvalue weighted by Crippen LogP contribution is -2.47. The monoisotopic (exact) mass is 354 g/mol. The molecule has 0 radical (unpaired) electrons. The van der Waals surface area contributed by atoms with E-state index in [2.05, 4.69) is 19.2 Å². The van der Waals surface area contributed by atoms with Crippen LogP contribution < -0.4 is 15.0 Å². The molecule has 5 heteroatoms. The number of hydrogen-bond acceptors (Lipinski definition) is 4. The third-order valence-electron chi connectivity index (χ3n) is 4.60. The molecule has 0 saturated carbocycles. The van der Waals surface area contributed by atoms with Gasteiger partial charge in [-0.15, -0.1) is 0 Å². The molecule has 26 heavy (non-hydrogen) atoms. The maximum Gasteiger partial charge on any atom is 0.240 e. The number of nitrogens with zero attached hydrogens (tertiary/aromatic N) is 1. The lowest BCUT2D eigenvalue weighted by Gasteiger charge is -2.35. The van der Waals surface area contributed by atoms with Crippen LogP contribution in [0, 0.1) is 5.92 Å². The standard InChI is InChI=1S/C21H26N2O3/c1-15(2)21(16-8-4-3-5-9-16)22-20(25)13-23-12-17(14-24)26-19-11-7-6-10-18(19)23/h3-11,15,17,21,24H,12-14H2,1-2H3,(H,22,25). The van der Waals surface area contributed by atoms with Crippen LogP contribution in [-0.4, -0.2) is 36.8 Å². The molecule has 0 bridgehead atoms. The summed E-state index contributed by atoms with van der Waals surface area (Å²) >= 11 is 0. The number of para-hydroxylation sites is 2. The number of aliphatic hydroxyl groups is 1. The highest BCUT2D eigenvalue weighted by Gasteiger charge is 2.27.